The van der Waals surface area contributed by atoms with Crippen molar-refractivity contribution in [2.24, 2.45) is 5.92 Å². The quantitative estimate of drug-likeness (QED) is 0.710. The minimum atomic E-state index is 0.276. The van der Waals surface area contributed by atoms with E-state index in [-0.39, 0.29) is 5.60 Å². The molecule has 1 saturated carbocycles. The molecular weight excluding hydrogens is 226 g/mol. The highest BCUT2D eigenvalue weighted by Crippen LogP contribution is 2.45. The number of hydrogen-bond acceptors (Lipinski definition) is 3. The van der Waals surface area contributed by atoms with Crippen LogP contribution >= 0.6 is 0 Å². The van der Waals surface area contributed by atoms with Gasteiger partial charge in [-0.25, -0.2) is 0 Å². The molecule has 0 radical (unpaired) electrons. The molecule has 0 aromatic carbocycles. The molecule has 3 nitrogen and oxygen atoms in total. The fourth-order valence-electron chi connectivity index (χ4n) is 3.54. The predicted molar refractivity (Wildman–Crippen MR) is 73.8 cm³/mol. The lowest BCUT2D eigenvalue weighted by Crippen LogP contribution is -2.50. The van der Waals surface area contributed by atoms with Crippen LogP contribution in [0.5, 0.6) is 0 Å². The molecule has 1 saturated heterocycles. The van der Waals surface area contributed by atoms with E-state index in [9.17, 15) is 0 Å². The van der Waals surface area contributed by atoms with E-state index in [1.54, 1.807) is 7.11 Å². The molecule has 2 rings (SSSR count). The average molecular weight is 255 g/mol. The van der Waals surface area contributed by atoms with Crippen molar-refractivity contribution in [2.75, 3.05) is 26.9 Å². The fourth-order valence-corrected chi connectivity index (χ4v) is 3.54. The van der Waals surface area contributed by atoms with Crippen molar-refractivity contribution in [3.05, 3.63) is 0 Å². The molecule has 1 N–H and O–H groups in total. The van der Waals surface area contributed by atoms with Gasteiger partial charge in [-0.2, -0.15) is 0 Å². The number of rotatable bonds is 7. The molecule has 2 fully saturated rings. The molecule has 0 aromatic heterocycles. The van der Waals surface area contributed by atoms with Crippen molar-refractivity contribution in [3.63, 3.8) is 0 Å². The number of methoxy groups -OCH3 is 1. The Morgan fingerprint density at radius 3 is 2.89 bits per heavy atom. The third-order valence-corrected chi connectivity index (χ3v) is 4.69. The van der Waals surface area contributed by atoms with Crippen LogP contribution < -0.4 is 5.32 Å². The van der Waals surface area contributed by atoms with E-state index >= 15 is 0 Å². The molecule has 2 unspecified atom stereocenters. The minimum absolute atomic E-state index is 0.276. The molecule has 1 heterocycles. The lowest BCUT2D eigenvalue weighted by molar-refractivity contribution is -0.147. The van der Waals surface area contributed by atoms with Crippen molar-refractivity contribution in [1.29, 1.82) is 0 Å². The summed E-state index contributed by atoms with van der Waals surface area (Å²) < 4.78 is 11.2. The first-order chi connectivity index (χ1) is 8.79. The summed E-state index contributed by atoms with van der Waals surface area (Å²) >= 11 is 0. The van der Waals surface area contributed by atoms with Gasteiger partial charge in [0.25, 0.3) is 0 Å². The third-order valence-electron chi connectivity index (χ3n) is 4.69. The summed E-state index contributed by atoms with van der Waals surface area (Å²) in [5.74, 6) is 0.802. The maximum atomic E-state index is 6.03. The van der Waals surface area contributed by atoms with Crippen LogP contribution in [0.3, 0.4) is 0 Å². The Morgan fingerprint density at radius 1 is 1.44 bits per heavy atom. The zero-order chi connectivity index (χ0) is 12.8. The van der Waals surface area contributed by atoms with Gasteiger partial charge in [0.2, 0.25) is 0 Å². The van der Waals surface area contributed by atoms with E-state index in [0.29, 0.717) is 6.04 Å². The van der Waals surface area contributed by atoms with Crippen molar-refractivity contribution < 1.29 is 9.47 Å². The van der Waals surface area contributed by atoms with E-state index in [1.165, 1.54) is 44.9 Å². The lowest BCUT2D eigenvalue weighted by Gasteiger charge is -2.49. The lowest BCUT2D eigenvalue weighted by atomic mass is 9.70. The van der Waals surface area contributed by atoms with Gasteiger partial charge in [0, 0.05) is 26.4 Å². The molecule has 2 atom stereocenters. The van der Waals surface area contributed by atoms with Crippen molar-refractivity contribution in [3.8, 4) is 0 Å². The summed E-state index contributed by atoms with van der Waals surface area (Å²) in [4.78, 5) is 0. The van der Waals surface area contributed by atoms with Gasteiger partial charge in [0.15, 0.2) is 0 Å². The van der Waals surface area contributed by atoms with E-state index in [4.69, 9.17) is 9.47 Å². The van der Waals surface area contributed by atoms with E-state index in [1.807, 2.05) is 0 Å². The summed E-state index contributed by atoms with van der Waals surface area (Å²) in [7, 11) is 1.79. The topological polar surface area (TPSA) is 30.5 Å². The molecule has 18 heavy (non-hydrogen) atoms. The van der Waals surface area contributed by atoms with Gasteiger partial charge >= 0.3 is 0 Å². The first kappa shape index (κ1) is 14.3. The highest BCUT2D eigenvalue weighted by molar-refractivity contribution is 4.96. The van der Waals surface area contributed by atoms with Crippen LogP contribution in [-0.2, 0) is 9.47 Å². The largest absolute Gasteiger partial charge is 0.385 e. The standard InChI is InChI=1S/C15H29NO2/c1-3-16-14(6-4-10-17-2)13-7-11-18-15(12-13)8-5-9-15/h13-14,16H,3-12H2,1-2H3. The summed E-state index contributed by atoms with van der Waals surface area (Å²) in [5.41, 5.74) is 0.276. The normalized spacial score (nSPS) is 28.0. The van der Waals surface area contributed by atoms with Crippen molar-refractivity contribution in [1.82, 2.24) is 5.32 Å². The highest BCUT2D eigenvalue weighted by atomic mass is 16.5. The third kappa shape index (κ3) is 3.46. The van der Waals surface area contributed by atoms with Gasteiger partial charge in [-0.1, -0.05) is 6.92 Å². The number of nitrogens with one attached hydrogen (secondary N) is 1. The highest BCUT2D eigenvalue weighted by Gasteiger charge is 2.43. The Labute approximate surface area is 112 Å². The fraction of sp³-hybridized carbons (Fsp3) is 1.00. The van der Waals surface area contributed by atoms with Gasteiger partial charge in [-0.15, -0.1) is 0 Å². The zero-order valence-corrected chi connectivity index (χ0v) is 12.0. The van der Waals surface area contributed by atoms with Gasteiger partial charge in [0.05, 0.1) is 5.60 Å². The molecule has 0 aromatic rings. The first-order valence-electron chi connectivity index (χ1n) is 7.66. The summed E-state index contributed by atoms with van der Waals surface area (Å²) in [5, 5.41) is 3.69. The van der Waals surface area contributed by atoms with Crippen LogP contribution in [-0.4, -0.2) is 38.5 Å². The second-order valence-electron chi connectivity index (χ2n) is 5.94. The predicted octanol–water partition coefficient (Wildman–Crippen LogP) is 2.74. The second kappa shape index (κ2) is 6.88. The molecule has 2 aliphatic rings. The summed E-state index contributed by atoms with van der Waals surface area (Å²) in [6.45, 7) is 5.14. The molecular formula is C15H29NO2. The molecule has 106 valence electrons. The molecule has 1 spiro atoms. The number of hydrogen-bond donors (Lipinski definition) is 1. The maximum absolute atomic E-state index is 6.03. The Hall–Kier alpha value is -0.120. The molecule has 0 bridgehead atoms. The SMILES string of the molecule is CCNC(CCCOC)C1CCOC2(CCC2)C1. The van der Waals surface area contributed by atoms with Crippen LogP contribution in [0.2, 0.25) is 0 Å². The maximum Gasteiger partial charge on any atom is 0.0685 e. The van der Waals surface area contributed by atoms with Crippen LogP contribution in [0.15, 0.2) is 0 Å². The first-order valence-corrected chi connectivity index (χ1v) is 7.66. The zero-order valence-electron chi connectivity index (χ0n) is 12.0. The second-order valence-corrected chi connectivity index (χ2v) is 5.94. The summed E-state index contributed by atoms with van der Waals surface area (Å²) in [6, 6.07) is 0.659. The Kier molecular flexibility index (Phi) is 5.46. The smallest absolute Gasteiger partial charge is 0.0685 e. The van der Waals surface area contributed by atoms with Crippen LogP contribution in [0.1, 0.15) is 51.9 Å². The molecule has 1 aliphatic carbocycles. The van der Waals surface area contributed by atoms with E-state index < -0.39 is 0 Å². The van der Waals surface area contributed by atoms with Crippen LogP contribution in [0.4, 0.5) is 0 Å². The van der Waals surface area contributed by atoms with Gasteiger partial charge in [0.1, 0.15) is 0 Å². The van der Waals surface area contributed by atoms with Crippen LogP contribution in [0, 0.1) is 5.92 Å². The monoisotopic (exact) mass is 255 g/mol. The molecule has 0 amide bonds. The van der Waals surface area contributed by atoms with Gasteiger partial charge in [-0.05, 0) is 57.4 Å². The molecule has 3 heteroatoms. The van der Waals surface area contributed by atoms with Gasteiger partial charge in [-0.3, -0.25) is 0 Å². The average Bonchev–Trinajstić information content (AvgIpc) is 2.36. The Morgan fingerprint density at radius 2 is 2.28 bits per heavy atom. The van der Waals surface area contributed by atoms with E-state index in [0.717, 1.165) is 25.7 Å². The summed E-state index contributed by atoms with van der Waals surface area (Å²) in [6.07, 6.45) is 8.86. The Bertz CT molecular complexity index is 241. The minimum Gasteiger partial charge on any atom is -0.385 e. The van der Waals surface area contributed by atoms with Crippen molar-refractivity contribution >= 4 is 0 Å². The number of ether oxygens (including phenoxy) is 2. The Balaban J connectivity index is 1.84. The van der Waals surface area contributed by atoms with Crippen molar-refractivity contribution in [2.45, 2.75) is 63.5 Å². The van der Waals surface area contributed by atoms with Gasteiger partial charge < -0.3 is 14.8 Å². The van der Waals surface area contributed by atoms with Crippen LogP contribution in [0.25, 0.3) is 0 Å². The van der Waals surface area contributed by atoms with E-state index in [2.05, 4.69) is 12.2 Å². The molecule has 1 aliphatic heterocycles.